The Hall–Kier alpha value is -2.96. The van der Waals surface area contributed by atoms with Crippen LogP contribution in [0.1, 0.15) is 5.56 Å². The Morgan fingerprint density at radius 3 is 2.63 bits per heavy atom. The van der Waals surface area contributed by atoms with Gasteiger partial charge in [-0.1, -0.05) is 17.7 Å². The zero-order chi connectivity index (χ0) is 25.2. The Morgan fingerprint density at radius 2 is 1.94 bits per heavy atom. The van der Waals surface area contributed by atoms with Gasteiger partial charge >= 0.3 is 6.18 Å². The Labute approximate surface area is 211 Å². The Balaban J connectivity index is 1.45. The maximum Gasteiger partial charge on any atom is 0.441 e. The number of nitrogens with one attached hydrogen (secondary N) is 1. The Morgan fingerprint density at radius 1 is 1.20 bits per heavy atom. The van der Waals surface area contributed by atoms with Gasteiger partial charge in [0.15, 0.2) is 17.3 Å². The molecule has 182 valence electrons. The van der Waals surface area contributed by atoms with Crippen LogP contribution in [0.4, 0.5) is 13.2 Å². The second-order valence-electron chi connectivity index (χ2n) is 6.98. The van der Waals surface area contributed by atoms with Crippen molar-refractivity contribution in [2.24, 2.45) is 10.1 Å². The van der Waals surface area contributed by atoms with Crippen LogP contribution in [0.3, 0.4) is 0 Å². The molecule has 0 aromatic heterocycles. The number of rotatable bonds is 7. The van der Waals surface area contributed by atoms with E-state index in [4.69, 9.17) is 26.5 Å². The van der Waals surface area contributed by atoms with E-state index in [1.54, 1.807) is 30.0 Å². The fourth-order valence-corrected chi connectivity index (χ4v) is 4.62. The predicted octanol–water partition coefficient (Wildman–Crippen LogP) is 5.70. The lowest BCUT2D eigenvalue weighted by Gasteiger charge is -2.20. The van der Waals surface area contributed by atoms with E-state index in [0.29, 0.717) is 39.5 Å². The number of alkyl halides is 3. The summed E-state index contributed by atoms with van der Waals surface area (Å²) in [5.74, 6) is 0.226. The summed E-state index contributed by atoms with van der Waals surface area (Å²) in [6.45, 7) is 0.400. The number of benzene rings is 2. The number of amides is 1. The van der Waals surface area contributed by atoms with Gasteiger partial charge < -0.3 is 9.47 Å². The van der Waals surface area contributed by atoms with Gasteiger partial charge in [0.25, 0.3) is 5.91 Å². The van der Waals surface area contributed by atoms with E-state index in [-0.39, 0.29) is 22.5 Å². The van der Waals surface area contributed by atoms with Crippen molar-refractivity contribution in [1.29, 1.82) is 5.41 Å². The van der Waals surface area contributed by atoms with Crippen molar-refractivity contribution < 1.29 is 27.4 Å². The Bertz CT molecular complexity index is 1260. The molecule has 0 bridgehead atoms. The van der Waals surface area contributed by atoms with Gasteiger partial charge in [0.05, 0.1) is 19.3 Å². The molecule has 4 rings (SSSR count). The minimum absolute atomic E-state index is 0.198. The molecule has 0 saturated heterocycles. The zero-order valence-corrected chi connectivity index (χ0v) is 20.3. The number of nitrogens with zero attached hydrogens (tertiary/aromatic N) is 3. The molecule has 35 heavy (non-hydrogen) atoms. The molecule has 1 N–H and O–H groups in total. The van der Waals surface area contributed by atoms with Crippen molar-refractivity contribution in [2.45, 2.75) is 11.1 Å². The molecular formula is C22H16ClF3N4O3S2. The van der Waals surface area contributed by atoms with Gasteiger partial charge in [-0.15, -0.1) is 11.8 Å². The first-order valence-electron chi connectivity index (χ1n) is 9.92. The van der Waals surface area contributed by atoms with Gasteiger partial charge in [0.2, 0.25) is 10.2 Å². The van der Waals surface area contributed by atoms with E-state index in [2.05, 4.69) is 10.1 Å². The summed E-state index contributed by atoms with van der Waals surface area (Å²) in [4.78, 5) is 17.1. The van der Waals surface area contributed by atoms with Crippen LogP contribution in [-0.4, -0.2) is 52.6 Å². The lowest BCUT2D eigenvalue weighted by atomic mass is 10.1. The molecular weight excluding hydrogens is 525 g/mol. The quantitative estimate of drug-likeness (QED) is 0.275. The largest absolute Gasteiger partial charge is 0.493 e. The van der Waals surface area contributed by atoms with Crippen LogP contribution < -0.4 is 9.47 Å². The first-order chi connectivity index (χ1) is 16.7. The summed E-state index contributed by atoms with van der Waals surface area (Å²) in [6, 6.07) is 12.3. The molecule has 0 fully saturated rings. The van der Waals surface area contributed by atoms with E-state index in [1.807, 2.05) is 24.3 Å². The second-order valence-corrected chi connectivity index (χ2v) is 9.54. The fourth-order valence-electron chi connectivity index (χ4n) is 3.01. The number of methoxy groups -OCH3 is 1. The summed E-state index contributed by atoms with van der Waals surface area (Å²) in [5, 5.41) is 11.5. The highest BCUT2D eigenvalue weighted by atomic mass is 35.5. The molecule has 13 heteroatoms. The fraction of sp³-hybridized carbons (Fsp3) is 0.182. The third kappa shape index (κ3) is 5.82. The van der Waals surface area contributed by atoms with Crippen LogP contribution in [0.25, 0.3) is 6.08 Å². The number of aliphatic imine (C=N–C) groups is 1. The van der Waals surface area contributed by atoms with E-state index < -0.39 is 23.0 Å². The monoisotopic (exact) mass is 540 g/mol. The smallest absolute Gasteiger partial charge is 0.441 e. The number of hydrogen-bond donors (Lipinski definition) is 1. The van der Waals surface area contributed by atoms with Gasteiger partial charge in [-0.25, -0.2) is 0 Å². The molecule has 7 nitrogen and oxygen atoms in total. The molecule has 0 radical (unpaired) electrons. The normalized spacial score (nSPS) is 16.8. The molecule has 0 saturated carbocycles. The zero-order valence-electron chi connectivity index (χ0n) is 17.9. The highest BCUT2D eigenvalue weighted by Crippen LogP contribution is 2.36. The lowest BCUT2D eigenvalue weighted by molar-refractivity contribution is -0.114. The van der Waals surface area contributed by atoms with Crippen molar-refractivity contribution in [3.8, 4) is 11.5 Å². The number of carbonyl (C=O) groups excluding carboxylic acids is 1. The van der Waals surface area contributed by atoms with Crippen LogP contribution in [0.5, 0.6) is 11.5 Å². The van der Waals surface area contributed by atoms with Crippen molar-refractivity contribution in [3.05, 3.63) is 58.6 Å². The lowest BCUT2D eigenvalue weighted by Crippen LogP contribution is -2.35. The van der Waals surface area contributed by atoms with E-state index in [9.17, 15) is 18.0 Å². The van der Waals surface area contributed by atoms with E-state index in [1.165, 1.54) is 13.2 Å². The summed E-state index contributed by atoms with van der Waals surface area (Å²) in [6.07, 6.45) is -3.35. The highest BCUT2D eigenvalue weighted by molar-refractivity contribution is 8.27. The van der Waals surface area contributed by atoms with Gasteiger partial charge in [-0.2, -0.15) is 28.3 Å². The van der Waals surface area contributed by atoms with E-state index >= 15 is 0 Å². The minimum Gasteiger partial charge on any atom is -0.493 e. The van der Waals surface area contributed by atoms with Crippen molar-refractivity contribution in [1.82, 2.24) is 5.01 Å². The average molecular weight is 541 g/mol. The number of ether oxygens (including phenoxy) is 2. The highest BCUT2D eigenvalue weighted by Gasteiger charge is 2.46. The third-order valence-corrected chi connectivity index (χ3v) is 6.80. The standard InChI is InChI=1S/C22H16ClF3N4O3S2/c1-32-17-11-12(2-7-16(17)33-8-9-34-14-5-3-13(23)4-6-14)10-15-18(27)30-21(28-19(15)31)35-20(29-30)22(24,25)26/h2-7,10-11,27H,8-9H2,1H3. The molecule has 2 aliphatic rings. The van der Waals surface area contributed by atoms with Crippen LogP contribution in [0.2, 0.25) is 5.02 Å². The van der Waals surface area contributed by atoms with Gasteiger partial charge in [-0.05, 0) is 59.8 Å². The molecule has 0 atom stereocenters. The first-order valence-corrected chi connectivity index (χ1v) is 12.1. The summed E-state index contributed by atoms with van der Waals surface area (Å²) >= 11 is 7.69. The summed E-state index contributed by atoms with van der Waals surface area (Å²) in [7, 11) is 1.46. The predicted molar refractivity (Wildman–Crippen MR) is 132 cm³/mol. The minimum atomic E-state index is -4.70. The van der Waals surface area contributed by atoms with E-state index in [0.717, 1.165) is 4.90 Å². The summed E-state index contributed by atoms with van der Waals surface area (Å²) < 4.78 is 50.1. The SMILES string of the molecule is COc1cc(C=C2C(=N)N3N=C(C(F)(F)F)SC3=NC2=O)ccc1OCCSc1ccc(Cl)cc1. The van der Waals surface area contributed by atoms with Gasteiger partial charge in [0, 0.05) is 15.7 Å². The Kier molecular flexibility index (Phi) is 7.43. The maximum absolute atomic E-state index is 13.0. The number of hydrogen-bond acceptors (Lipinski definition) is 7. The molecule has 0 unspecified atom stereocenters. The van der Waals surface area contributed by atoms with Crippen molar-refractivity contribution >= 4 is 63.2 Å². The van der Waals surface area contributed by atoms with Crippen molar-refractivity contribution in [2.75, 3.05) is 19.5 Å². The summed E-state index contributed by atoms with van der Waals surface area (Å²) in [5.41, 5.74) is 0.278. The van der Waals surface area contributed by atoms with Crippen LogP contribution >= 0.6 is 35.1 Å². The number of carbonyl (C=O) groups is 1. The molecule has 2 aromatic carbocycles. The number of thioether (sulfide) groups is 2. The molecule has 2 aliphatic heterocycles. The van der Waals surface area contributed by atoms with Crippen LogP contribution in [0, 0.1) is 5.41 Å². The molecule has 1 amide bonds. The average Bonchev–Trinajstić information content (AvgIpc) is 3.26. The molecule has 2 aromatic rings. The number of halogens is 4. The van der Waals surface area contributed by atoms with Crippen molar-refractivity contribution in [3.63, 3.8) is 0 Å². The molecule has 2 heterocycles. The second kappa shape index (κ2) is 10.3. The number of hydrazone groups is 1. The van der Waals surface area contributed by atoms with Gasteiger partial charge in [-0.3, -0.25) is 10.2 Å². The third-order valence-electron chi connectivity index (χ3n) is 4.62. The van der Waals surface area contributed by atoms with Gasteiger partial charge in [0.1, 0.15) is 0 Å². The first kappa shape index (κ1) is 25.1. The van der Waals surface area contributed by atoms with Crippen LogP contribution in [0.15, 0.2) is 63.0 Å². The molecule has 0 aliphatic carbocycles. The number of fused-ring (bicyclic) bond motifs is 1. The molecule has 0 spiro atoms. The maximum atomic E-state index is 13.0. The number of amidine groups is 2. The topological polar surface area (TPSA) is 87.3 Å². The van der Waals surface area contributed by atoms with Crippen LogP contribution in [-0.2, 0) is 4.79 Å².